The standard InChI is InChI=1S/C9H19N.Ga.H/c1-4-7-10(8-5-2)9-6-3;;/h1-2,4-9H2,3H3;;. The van der Waals surface area contributed by atoms with E-state index in [1.165, 1.54) is 38.9 Å². The SMILES string of the molecule is CCCN1CC[CH2][GaH][CH2]CC1. The van der Waals surface area contributed by atoms with Crippen LogP contribution >= 0.6 is 0 Å². The molecule has 0 aliphatic carbocycles. The molecule has 1 nitrogen and oxygen atoms in total. The van der Waals surface area contributed by atoms with Crippen LogP contribution in [0.2, 0.25) is 9.95 Å². The molecule has 2 heteroatoms. The minimum atomic E-state index is 0.00891. The Labute approximate surface area is 78.3 Å². The average molecular weight is 212 g/mol. The Bertz CT molecular complexity index is 87.6. The van der Waals surface area contributed by atoms with E-state index in [1.807, 2.05) is 0 Å². The molecule has 1 saturated heterocycles. The molecule has 0 amide bonds. The molecular formula is C9H20GaN. The summed E-state index contributed by atoms with van der Waals surface area (Å²) in [4.78, 5) is 5.95. The first-order chi connectivity index (χ1) is 5.43. The summed E-state index contributed by atoms with van der Waals surface area (Å²) in [7, 11) is 0. The zero-order valence-corrected chi connectivity index (χ0v) is 10.8. The second-order valence-corrected chi connectivity index (χ2v) is 8.06. The van der Waals surface area contributed by atoms with E-state index in [2.05, 4.69) is 11.8 Å². The summed E-state index contributed by atoms with van der Waals surface area (Å²) < 4.78 is 0. The van der Waals surface area contributed by atoms with E-state index in [9.17, 15) is 0 Å². The molecule has 0 saturated carbocycles. The molecule has 0 unspecified atom stereocenters. The Balaban J connectivity index is 2.15. The van der Waals surface area contributed by atoms with Crippen molar-refractivity contribution in [3.05, 3.63) is 0 Å². The topological polar surface area (TPSA) is 3.24 Å². The number of nitrogens with zero attached hydrogens (tertiary/aromatic N) is 1. The second kappa shape index (κ2) is 6.15. The van der Waals surface area contributed by atoms with Gasteiger partial charge in [0.2, 0.25) is 0 Å². The summed E-state index contributed by atoms with van der Waals surface area (Å²) in [6.07, 6.45) is 4.36. The summed E-state index contributed by atoms with van der Waals surface area (Å²) in [6.45, 7) is 6.43. The fourth-order valence-electron chi connectivity index (χ4n) is 1.85. The molecule has 1 aliphatic rings. The van der Waals surface area contributed by atoms with Crippen molar-refractivity contribution in [1.29, 1.82) is 0 Å². The molecule has 0 aromatic rings. The quantitative estimate of drug-likeness (QED) is 0.630. The third kappa shape index (κ3) is 4.24. The van der Waals surface area contributed by atoms with Crippen LogP contribution in [0.5, 0.6) is 0 Å². The van der Waals surface area contributed by atoms with Crippen molar-refractivity contribution in [3.8, 4) is 0 Å². The van der Waals surface area contributed by atoms with Gasteiger partial charge in [-0.1, -0.05) is 0 Å². The summed E-state index contributed by atoms with van der Waals surface area (Å²) in [5.74, 6) is 0. The van der Waals surface area contributed by atoms with Gasteiger partial charge in [-0.3, -0.25) is 0 Å². The van der Waals surface area contributed by atoms with Crippen molar-refractivity contribution in [2.75, 3.05) is 19.6 Å². The molecule has 1 rings (SSSR count). The van der Waals surface area contributed by atoms with Gasteiger partial charge in [-0.25, -0.2) is 0 Å². The summed E-state index contributed by atoms with van der Waals surface area (Å²) >= 11 is 0.00891. The molecule has 64 valence electrons. The van der Waals surface area contributed by atoms with E-state index in [0.29, 0.717) is 0 Å². The van der Waals surface area contributed by atoms with Crippen LogP contribution in [-0.2, 0) is 0 Å². The molecule has 11 heavy (non-hydrogen) atoms. The number of hydrogen-bond acceptors (Lipinski definition) is 1. The first kappa shape index (κ1) is 9.68. The van der Waals surface area contributed by atoms with Crippen molar-refractivity contribution in [2.45, 2.75) is 36.1 Å². The van der Waals surface area contributed by atoms with Gasteiger partial charge in [-0.2, -0.15) is 0 Å². The van der Waals surface area contributed by atoms with Crippen LogP contribution in [-0.4, -0.2) is 41.9 Å². The molecule has 1 aliphatic heterocycles. The predicted molar refractivity (Wildman–Crippen MR) is 52.7 cm³/mol. The van der Waals surface area contributed by atoms with Crippen LogP contribution in [0.15, 0.2) is 0 Å². The monoisotopic (exact) mass is 211 g/mol. The summed E-state index contributed by atoms with van der Waals surface area (Å²) in [5.41, 5.74) is 0. The molecule has 0 aromatic heterocycles. The number of hydrogen-bond donors (Lipinski definition) is 0. The molecular weight excluding hydrogens is 192 g/mol. The van der Waals surface area contributed by atoms with Gasteiger partial charge < -0.3 is 0 Å². The molecule has 1 heterocycles. The maximum atomic E-state index is 2.65. The van der Waals surface area contributed by atoms with Crippen LogP contribution in [0.1, 0.15) is 26.2 Å². The zero-order chi connectivity index (χ0) is 7.94. The van der Waals surface area contributed by atoms with Gasteiger partial charge in [0.1, 0.15) is 0 Å². The van der Waals surface area contributed by atoms with Crippen LogP contribution in [0.4, 0.5) is 0 Å². The second-order valence-electron chi connectivity index (χ2n) is 3.61. The average Bonchev–Trinajstić information content (AvgIpc) is 1.94. The first-order valence-corrected chi connectivity index (χ1v) is 9.35. The number of rotatable bonds is 2. The van der Waals surface area contributed by atoms with Gasteiger partial charge in [-0.05, 0) is 0 Å². The molecule has 0 spiro atoms. The molecule has 0 aromatic carbocycles. The van der Waals surface area contributed by atoms with Gasteiger partial charge in [0.15, 0.2) is 0 Å². The van der Waals surface area contributed by atoms with Gasteiger partial charge in [-0.15, -0.1) is 0 Å². The van der Waals surface area contributed by atoms with E-state index in [1.54, 1.807) is 9.95 Å². The van der Waals surface area contributed by atoms with Crippen molar-refractivity contribution in [2.24, 2.45) is 0 Å². The third-order valence-corrected chi connectivity index (χ3v) is 6.68. The van der Waals surface area contributed by atoms with E-state index >= 15 is 0 Å². The van der Waals surface area contributed by atoms with E-state index in [0.717, 1.165) is 0 Å². The van der Waals surface area contributed by atoms with Gasteiger partial charge in [0, 0.05) is 0 Å². The van der Waals surface area contributed by atoms with E-state index in [4.69, 9.17) is 0 Å². The van der Waals surface area contributed by atoms with Crippen LogP contribution < -0.4 is 0 Å². The molecule has 0 atom stereocenters. The Kier molecular flexibility index (Phi) is 5.41. The van der Waals surface area contributed by atoms with E-state index < -0.39 is 0 Å². The summed E-state index contributed by atoms with van der Waals surface area (Å²) in [5, 5.41) is 0. The molecule has 0 N–H and O–H groups in total. The van der Waals surface area contributed by atoms with Crippen LogP contribution in [0.25, 0.3) is 0 Å². The zero-order valence-electron chi connectivity index (χ0n) is 7.81. The summed E-state index contributed by atoms with van der Waals surface area (Å²) in [6, 6.07) is 0. The Morgan fingerprint density at radius 1 is 1.18 bits per heavy atom. The van der Waals surface area contributed by atoms with Gasteiger partial charge >= 0.3 is 78.1 Å². The van der Waals surface area contributed by atoms with Crippen LogP contribution in [0.3, 0.4) is 0 Å². The molecule has 0 radical (unpaired) electrons. The molecule has 0 bridgehead atoms. The normalized spacial score (nSPS) is 21.9. The van der Waals surface area contributed by atoms with Crippen molar-refractivity contribution >= 4 is 17.4 Å². The van der Waals surface area contributed by atoms with E-state index in [-0.39, 0.29) is 17.4 Å². The van der Waals surface area contributed by atoms with Gasteiger partial charge in [0.25, 0.3) is 0 Å². The minimum absolute atomic E-state index is 0.00891. The fraction of sp³-hybridized carbons (Fsp3) is 1.00. The fourth-order valence-corrected chi connectivity index (χ4v) is 5.02. The Morgan fingerprint density at radius 3 is 2.36 bits per heavy atom. The van der Waals surface area contributed by atoms with Crippen molar-refractivity contribution in [1.82, 2.24) is 4.90 Å². The van der Waals surface area contributed by atoms with Crippen molar-refractivity contribution < 1.29 is 0 Å². The Morgan fingerprint density at radius 2 is 1.82 bits per heavy atom. The van der Waals surface area contributed by atoms with Crippen molar-refractivity contribution in [3.63, 3.8) is 0 Å². The van der Waals surface area contributed by atoms with Crippen LogP contribution in [0, 0.1) is 0 Å². The maximum absolute atomic E-state index is 2.65. The Hall–Kier alpha value is 0.596. The van der Waals surface area contributed by atoms with Gasteiger partial charge in [0.05, 0.1) is 0 Å². The third-order valence-electron chi connectivity index (χ3n) is 2.49. The predicted octanol–water partition coefficient (Wildman–Crippen LogP) is 1.77. The first-order valence-electron chi connectivity index (χ1n) is 5.16. The molecule has 1 fully saturated rings.